The van der Waals surface area contributed by atoms with E-state index in [1.54, 1.807) is 30.3 Å². The van der Waals surface area contributed by atoms with Crippen LogP contribution >= 0.6 is 0 Å². The van der Waals surface area contributed by atoms with Crippen LogP contribution in [0.3, 0.4) is 0 Å². The van der Waals surface area contributed by atoms with E-state index in [4.69, 9.17) is 4.74 Å². The highest BCUT2D eigenvalue weighted by Gasteiger charge is 2.22. The number of carbonyl (C=O) groups excluding carboxylic acids is 3. The smallest absolute Gasteiger partial charge is 0.337 e. The van der Waals surface area contributed by atoms with Gasteiger partial charge in [0, 0.05) is 0 Å². The average Bonchev–Trinajstić information content (AvgIpc) is 2.77. The molecule has 0 bridgehead atoms. The van der Waals surface area contributed by atoms with Crippen molar-refractivity contribution in [3.8, 4) is 5.75 Å². The van der Waals surface area contributed by atoms with Gasteiger partial charge in [-0.3, -0.25) is 9.59 Å². The minimum absolute atomic E-state index is 0.179. The van der Waals surface area contributed by atoms with E-state index < -0.39 is 23.8 Å². The molecule has 0 fully saturated rings. The van der Waals surface area contributed by atoms with Crippen LogP contribution in [0.5, 0.6) is 5.75 Å². The molecular weight excluding hydrogens is 410 g/mol. The Hall–Kier alpha value is -3.68. The Morgan fingerprint density at radius 3 is 2.38 bits per heavy atom. The molecule has 2 amide bonds. The number of nitrogens with zero attached hydrogens (tertiary/aromatic N) is 1. The highest BCUT2D eigenvalue weighted by Crippen LogP contribution is 2.15. The van der Waals surface area contributed by atoms with Crippen LogP contribution in [-0.2, 0) is 14.3 Å². The van der Waals surface area contributed by atoms with Crippen LogP contribution in [0.15, 0.2) is 53.6 Å². The summed E-state index contributed by atoms with van der Waals surface area (Å²) in [5.41, 5.74) is 4.49. The van der Waals surface area contributed by atoms with Gasteiger partial charge in [0.1, 0.15) is 11.8 Å². The number of ether oxygens (including phenoxy) is 2. The zero-order valence-corrected chi connectivity index (χ0v) is 18.8. The summed E-state index contributed by atoms with van der Waals surface area (Å²) in [6.45, 7) is 5.62. The van der Waals surface area contributed by atoms with Crippen molar-refractivity contribution in [2.24, 2.45) is 11.0 Å². The summed E-state index contributed by atoms with van der Waals surface area (Å²) in [6, 6.07) is 13.2. The Labute approximate surface area is 188 Å². The van der Waals surface area contributed by atoms with E-state index in [1.165, 1.54) is 13.3 Å². The number of esters is 1. The van der Waals surface area contributed by atoms with E-state index in [-0.39, 0.29) is 12.5 Å². The van der Waals surface area contributed by atoms with Crippen molar-refractivity contribution in [2.75, 3.05) is 13.7 Å². The number of hydrogen-bond donors (Lipinski definition) is 2. The van der Waals surface area contributed by atoms with Crippen molar-refractivity contribution in [3.63, 3.8) is 0 Å². The quantitative estimate of drug-likeness (QED) is 0.336. The SMILES string of the molecule is COC(=O)c1ccc(/C=N\NC(=O)[C@H](CC(C)C)NC(=O)COc2ccccc2C)cc1. The molecule has 0 aromatic heterocycles. The van der Waals surface area contributed by atoms with Gasteiger partial charge in [0.05, 0.1) is 18.9 Å². The fourth-order valence-corrected chi connectivity index (χ4v) is 2.87. The Kier molecular flexibility index (Phi) is 9.41. The Morgan fingerprint density at radius 2 is 1.75 bits per heavy atom. The number of amides is 2. The van der Waals surface area contributed by atoms with E-state index in [1.807, 2.05) is 39.0 Å². The molecule has 0 saturated carbocycles. The highest BCUT2D eigenvalue weighted by atomic mass is 16.5. The standard InChI is InChI=1S/C24H29N3O5/c1-16(2)13-20(26-22(28)15-32-21-8-6-5-7-17(21)3)23(29)27-25-14-18-9-11-19(12-10-18)24(30)31-4/h5-12,14,16,20H,13,15H2,1-4H3,(H,26,28)(H,27,29)/b25-14-/t20-/m0/s1. The summed E-state index contributed by atoms with van der Waals surface area (Å²) in [5, 5.41) is 6.67. The summed E-state index contributed by atoms with van der Waals surface area (Å²) in [5.74, 6) is -0.448. The normalized spacial score (nSPS) is 11.8. The minimum atomic E-state index is -0.748. The summed E-state index contributed by atoms with van der Waals surface area (Å²) >= 11 is 0. The van der Waals surface area contributed by atoms with Gasteiger partial charge >= 0.3 is 5.97 Å². The lowest BCUT2D eigenvalue weighted by Crippen LogP contribution is -2.47. The zero-order valence-electron chi connectivity index (χ0n) is 18.8. The molecule has 2 rings (SSSR count). The monoisotopic (exact) mass is 439 g/mol. The van der Waals surface area contributed by atoms with Crippen molar-refractivity contribution in [1.82, 2.24) is 10.7 Å². The highest BCUT2D eigenvalue weighted by molar-refractivity contribution is 5.91. The number of rotatable bonds is 10. The first-order chi connectivity index (χ1) is 15.3. The molecule has 0 aliphatic rings. The molecule has 0 aliphatic carbocycles. The van der Waals surface area contributed by atoms with Crippen LogP contribution in [0.25, 0.3) is 0 Å². The first-order valence-corrected chi connectivity index (χ1v) is 10.3. The first kappa shape index (κ1) is 24.6. The van der Waals surface area contributed by atoms with Gasteiger partial charge < -0.3 is 14.8 Å². The minimum Gasteiger partial charge on any atom is -0.484 e. The van der Waals surface area contributed by atoms with Gasteiger partial charge in [-0.25, -0.2) is 10.2 Å². The number of methoxy groups -OCH3 is 1. The molecule has 0 saturated heterocycles. The van der Waals surface area contributed by atoms with E-state index in [0.29, 0.717) is 23.3 Å². The van der Waals surface area contributed by atoms with Gasteiger partial charge in [0.2, 0.25) is 0 Å². The van der Waals surface area contributed by atoms with Crippen molar-refractivity contribution < 1.29 is 23.9 Å². The lowest BCUT2D eigenvalue weighted by Gasteiger charge is -2.19. The second-order valence-corrected chi connectivity index (χ2v) is 7.65. The van der Waals surface area contributed by atoms with Crippen molar-refractivity contribution in [2.45, 2.75) is 33.2 Å². The molecule has 8 nitrogen and oxygen atoms in total. The summed E-state index contributed by atoms with van der Waals surface area (Å²) in [6.07, 6.45) is 1.90. The topological polar surface area (TPSA) is 106 Å². The van der Waals surface area contributed by atoms with E-state index in [9.17, 15) is 14.4 Å². The molecule has 32 heavy (non-hydrogen) atoms. The molecule has 0 unspecified atom stereocenters. The Morgan fingerprint density at radius 1 is 1.06 bits per heavy atom. The molecule has 2 aromatic carbocycles. The van der Waals surface area contributed by atoms with Crippen LogP contribution < -0.4 is 15.5 Å². The van der Waals surface area contributed by atoms with E-state index in [0.717, 1.165) is 5.56 Å². The lowest BCUT2D eigenvalue weighted by atomic mass is 10.0. The molecule has 8 heteroatoms. The van der Waals surface area contributed by atoms with Crippen LogP contribution in [0.1, 0.15) is 41.8 Å². The predicted octanol–water partition coefficient (Wildman–Crippen LogP) is 2.84. The van der Waals surface area contributed by atoms with Gasteiger partial charge in [0.25, 0.3) is 11.8 Å². The number of carbonyl (C=O) groups is 3. The Bertz CT molecular complexity index is 954. The van der Waals surface area contributed by atoms with Crippen molar-refractivity contribution >= 4 is 24.0 Å². The number of nitrogens with one attached hydrogen (secondary N) is 2. The van der Waals surface area contributed by atoms with E-state index in [2.05, 4.69) is 20.6 Å². The maximum absolute atomic E-state index is 12.6. The van der Waals surface area contributed by atoms with Crippen molar-refractivity contribution in [3.05, 3.63) is 65.2 Å². The Balaban J connectivity index is 1.92. The van der Waals surface area contributed by atoms with Crippen LogP contribution in [0.4, 0.5) is 0 Å². The number of hydrazone groups is 1. The summed E-state index contributed by atoms with van der Waals surface area (Å²) in [4.78, 5) is 36.4. The van der Waals surface area contributed by atoms with Gasteiger partial charge in [-0.05, 0) is 48.6 Å². The molecular formula is C24H29N3O5. The first-order valence-electron chi connectivity index (χ1n) is 10.3. The molecule has 2 N–H and O–H groups in total. The largest absolute Gasteiger partial charge is 0.484 e. The van der Waals surface area contributed by atoms with E-state index >= 15 is 0 Å². The summed E-state index contributed by atoms with van der Waals surface area (Å²) < 4.78 is 10.2. The van der Waals surface area contributed by atoms with Crippen LogP contribution in [0.2, 0.25) is 0 Å². The molecule has 0 radical (unpaired) electrons. The third-order valence-electron chi connectivity index (χ3n) is 4.53. The predicted molar refractivity (Wildman–Crippen MR) is 122 cm³/mol. The molecule has 1 atom stereocenters. The van der Waals surface area contributed by atoms with Gasteiger partial charge in [0.15, 0.2) is 6.61 Å². The second-order valence-electron chi connectivity index (χ2n) is 7.65. The lowest BCUT2D eigenvalue weighted by molar-refractivity contribution is -0.130. The van der Waals surface area contributed by atoms with Crippen molar-refractivity contribution in [1.29, 1.82) is 0 Å². The fourth-order valence-electron chi connectivity index (χ4n) is 2.87. The fraction of sp³-hybridized carbons (Fsp3) is 0.333. The molecule has 2 aromatic rings. The number of hydrogen-bond acceptors (Lipinski definition) is 6. The number of aryl methyl sites for hydroxylation is 1. The summed E-state index contributed by atoms with van der Waals surface area (Å²) in [7, 11) is 1.31. The molecule has 170 valence electrons. The molecule has 0 spiro atoms. The third kappa shape index (κ3) is 7.86. The maximum atomic E-state index is 12.6. The number of benzene rings is 2. The number of para-hydroxylation sites is 1. The van der Waals surface area contributed by atoms with Gasteiger partial charge in [-0.15, -0.1) is 0 Å². The molecule has 0 heterocycles. The molecule has 0 aliphatic heterocycles. The average molecular weight is 440 g/mol. The van der Waals surface area contributed by atoms with Gasteiger partial charge in [-0.1, -0.05) is 44.2 Å². The second kappa shape index (κ2) is 12.2. The van der Waals surface area contributed by atoms with Gasteiger partial charge in [-0.2, -0.15) is 5.10 Å². The van der Waals surface area contributed by atoms with Crippen LogP contribution in [0, 0.1) is 12.8 Å². The maximum Gasteiger partial charge on any atom is 0.337 e. The third-order valence-corrected chi connectivity index (χ3v) is 4.53. The van der Waals surface area contributed by atoms with Crippen LogP contribution in [-0.4, -0.2) is 43.8 Å². The zero-order chi connectivity index (χ0) is 23.5.